The minimum Gasteiger partial charge on any atom is -0.390 e. The average Bonchev–Trinajstić information content (AvgIpc) is 2.71. The second kappa shape index (κ2) is 4.71. The van der Waals surface area contributed by atoms with Crippen LogP contribution in [0.15, 0.2) is 11.6 Å². The van der Waals surface area contributed by atoms with E-state index in [1.165, 1.54) is 24.8 Å². The van der Waals surface area contributed by atoms with Gasteiger partial charge in [0, 0.05) is 5.92 Å². The Bertz CT molecular complexity index is 574. The van der Waals surface area contributed by atoms with Gasteiger partial charge in [-0.05, 0) is 86.5 Å². The van der Waals surface area contributed by atoms with E-state index in [1.807, 2.05) is 6.08 Å². The van der Waals surface area contributed by atoms with E-state index in [1.54, 1.807) is 0 Å². The van der Waals surface area contributed by atoms with Crippen molar-refractivity contribution in [3.8, 4) is 0 Å². The van der Waals surface area contributed by atoms with Crippen LogP contribution in [0.1, 0.15) is 72.6 Å². The summed E-state index contributed by atoms with van der Waals surface area (Å²) in [5.41, 5.74) is 1.28. The quantitative estimate of drug-likeness (QED) is 0.713. The number of hydrogen-bond donors (Lipinski definition) is 1. The lowest BCUT2D eigenvalue weighted by Gasteiger charge is -2.59. The third-order valence-electron chi connectivity index (χ3n) is 8.83. The maximum absolute atomic E-state index is 12.2. The molecule has 23 heavy (non-hydrogen) atoms. The van der Waals surface area contributed by atoms with Crippen LogP contribution in [-0.2, 0) is 4.79 Å². The number of ketones is 1. The van der Waals surface area contributed by atoms with Crippen molar-refractivity contribution in [1.82, 2.24) is 0 Å². The monoisotopic (exact) mass is 316 g/mol. The Labute approximate surface area is 140 Å². The Morgan fingerprint density at radius 3 is 2.52 bits per heavy atom. The second-order valence-corrected chi connectivity index (χ2v) is 9.78. The van der Waals surface area contributed by atoms with Gasteiger partial charge in [0.05, 0.1) is 5.60 Å². The van der Waals surface area contributed by atoms with Crippen LogP contribution in [-0.4, -0.2) is 16.5 Å². The molecule has 0 saturated heterocycles. The van der Waals surface area contributed by atoms with Gasteiger partial charge in [-0.15, -0.1) is 0 Å². The van der Waals surface area contributed by atoms with Crippen LogP contribution in [0.3, 0.4) is 0 Å². The maximum Gasteiger partial charge on any atom is 0.158 e. The summed E-state index contributed by atoms with van der Waals surface area (Å²) in [7, 11) is 0. The topological polar surface area (TPSA) is 37.3 Å². The molecule has 0 aromatic heterocycles. The molecule has 3 fully saturated rings. The molecule has 0 aromatic rings. The van der Waals surface area contributed by atoms with Crippen molar-refractivity contribution >= 4 is 5.78 Å². The molecule has 4 rings (SSSR count). The van der Waals surface area contributed by atoms with E-state index in [0.717, 1.165) is 31.6 Å². The van der Waals surface area contributed by atoms with Crippen LogP contribution in [0.5, 0.6) is 0 Å². The molecule has 0 spiro atoms. The van der Waals surface area contributed by atoms with Crippen molar-refractivity contribution in [1.29, 1.82) is 0 Å². The van der Waals surface area contributed by atoms with Gasteiger partial charge in [0.1, 0.15) is 0 Å². The first-order valence-corrected chi connectivity index (χ1v) is 9.66. The van der Waals surface area contributed by atoms with Gasteiger partial charge in [0.2, 0.25) is 0 Å². The van der Waals surface area contributed by atoms with Crippen molar-refractivity contribution in [2.24, 2.45) is 34.5 Å². The molecule has 0 aliphatic heterocycles. The third kappa shape index (κ3) is 1.94. The van der Waals surface area contributed by atoms with Crippen molar-refractivity contribution in [2.45, 2.75) is 78.2 Å². The van der Waals surface area contributed by atoms with Gasteiger partial charge in [0.25, 0.3) is 0 Å². The first kappa shape index (κ1) is 15.9. The fraction of sp³-hybridized carbons (Fsp3) is 0.857. The second-order valence-electron chi connectivity index (χ2n) is 9.78. The Morgan fingerprint density at radius 1 is 1.09 bits per heavy atom. The zero-order valence-corrected chi connectivity index (χ0v) is 15.2. The summed E-state index contributed by atoms with van der Waals surface area (Å²) in [6, 6.07) is 0. The maximum atomic E-state index is 12.2. The average molecular weight is 316 g/mol. The van der Waals surface area contributed by atoms with Crippen molar-refractivity contribution in [3.63, 3.8) is 0 Å². The summed E-state index contributed by atoms with van der Waals surface area (Å²) in [6.07, 6.45) is 9.90. The van der Waals surface area contributed by atoms with Crippen molar-refractivity contribution < 1.29 is 9.90 Å². The highest BCUT2D eigenvalue weighted by atomic mass is 16.3. The summed E-state index contributed by atoms with van der Waals surface area (Å²) in [5.74, 6) is 2.65. The van der Waals surface area contributed by atoms with Gasteiger partial charge >= 0.3 is 0 Å². The molecule has 4 aliphatic rings. The minimum absolute atomic E-state index is 0.0991. The van der Waals surface area contributed by atoms with Gasteiger partial charge in [-0.3, -0.25) is 4.79 Å². The molecule has 128 valence electrons. The fourth-order valence-corrected chi connectivity index (χ4v) is 7.14. The number of hydrogen-bond acceptors (Lipinski definition) is 2. The summed E-state index contributed by atoms with van der Waals surface area (Å²) < 4.78 is 0. The van der Waals surface area contributed by atoms with Crippen LogP contribution in [0, 0.1) is 34.5 Å². The molecule has 2 nitrogen and oxygen atoms in total. The molecule has 1 N–H and O–H groups in total. The highest BCUT2D eigenvalue weighted by Crippen LogP contribution is 2.67. The van der Waals surface area contributed by atoms with E-state index in [9.17, 15) is 9.90 Å². The SMILES string of the molecule is C[C@@H]1C[C@]2(C)C(=CC1=O)CC[C@H]1[C@H]3CC[C@](C)(O)[C@]3(C)CC[C@@H]12. The van der Waals surface area contributed by atoms with E-state index in [-0.39, 0.29) is 16.7 Å². The van der Waals surface area contributed by atoms with Crippen molar-refractivity contribution in [2.75, 3.05) is 0 Å². The molecule has 0 bridgehead atoms. The van der Waals surface area contributed by atoms with E-state index in [2.05, 4.69) is 27.7 Å². The van der Waals surface area contributed by atoms with E-state index in [0.29, 0.717) is 17.6 Å². The van der Waals surface area contributed by atoms with Gasteiger partial charge in [-0.2, -0.15) is 0 Å². The third-order valence-corrected chi connectivity index (χ3v) is 8.83. The minimum atomic E-state index is -0.491. The zero-order chi connectivity index (χ0) is 16.6. The number of allylic oxidation sites excluding steroid dienone is 1. The van der Waals surface area contributed by atoms with Gasteiger partial charge in [0.15, 0.2) is 5.78 Å². The van der Waals surface area contributed by atoms with Crippen molar-refractivity contribution in [3.05, 3.63) is 11.6 Å². The molecule has 0 radical (unpaired) electrons. The van der Waals surface area contributed by atoms with Crippen LogP contribution >= 0.6 is 0 Å². The number of rotatable bonds is 0. The molecular weight excluding hydrogens is 284 g/mol. The van der Waals surface area contributed by atoms with Gasteiger partial charge < -0.3 is 5.11 Å². The summed E-state index contributed by atoms with van der Waals surface area (Å²) in [4.78, 5) is 12.2. The van der Waals surface area contributed by atoms with Crippen LogP contribution in [0.25, 0.3) is 0 Å². The molecule has 0 amide bonds. The number of aliphatic hydroxyl groups is 1. The fourth-order valence-electron chi connectivity index (χ4n) is 7.14. The summed E-state index contributed by atoms with van der Waals surface area (Å²) in [6.45, 7) is 8.97. The molecule has 7 atom stereocenters. The molecule has 0 heterocycles. The van der Waals surface area contributed by atoms with E-state index in [4.69, 9.17) is 0 Å². The first-order chi connectivity index (χ1) is 10.7. The molecular formula is C21H32O2. The normalized spacial score (nSPS) is 55.7. The molecule has 0 unspecified atom stereocenters. The number of carbonyl (C=O) groups is 1. The lowest BCUT2D eigenvalue weighted by Crippen LogP contribution is -2.54. The Balaban J connectivity index is 1.70. The Kier molecular flexibility index (Phi) is 3.25. The first-order valence-electron chi connectivity index (χ1n) is 9.66. The lowest BCUT2D eigenvalue weighted by atomic mass is 9.46. The van der Waals surface area contributed by atoms with Crippen LogP contribution in [0.2, 0.25) is 0 Å². The highest BCUT2D eigenvalue weighted by Gasteiger charge is 2.62. The van der Waals surface area contributed by atoms with E-state index >= 15 is 0 Å². The van der Waals surface area contributed by atoms with Gasteiger partial charge in [-0.1, -0.05) is 26.3 Å². The largest absolute Gasteiger partial charge is 0.390 e. The molecule has 3 saturated carbocycles. The highest BCUT2D eigenvalue weighted by molar-refractivity contribution is 5.93. The zero-order valence-electron chi connectivity index (χ0n) is 15.2. The van der Waals surface area contributed by atoms with Crippen LogP contribution < -0.4 is 0 Å². The predicted octanol–water partition coefficient (Wildman–Crippen LogP) is 4.52. The lowest BCUT2D eigenvalue weighted by molar-refractivity contribution is -0.128. The Hall–Kier alpha value is -0.630. The summed E-state index contributed by atoms with van der Waals surface area (Å²) >= 11 is 0. The smallest absolute Gasteiger partial charge is 0.158 e. The molecule has 4 aliphatic carbocycles. The predicted molar refractivity (Wildman–Crippen MR) is 91.9 cm³/mol. The molecule has 2 heteroatoms. The molecule has 0 aromatic carbocycles. The summed E-state index contributed by atoms with van der Waals surface area (Å²) in [5, 5.41) is 11.0. The van der Waals surface area contributed by atoms with E-state index < -0.39 is 5.60 Å². The number of fused-ring (bicyclic) bond motifs is 5. The Morgan fingerprint density at radius 2 is 1.78 bits per heavy atom. The number of carbonyl (C=O) groups excluding carboxylic acids is 1. The standard InChI is InChI=1S/C21H32O2/c1-13-12-19(2)14(11-18(13)22)5-6-15-16(19)7-9-20(3)17(15)8-10-21(20,4)23/h11,13,15-17,23H,5-10,12H2,1-4H3/t13-,15-,16+,17-,19-,20-,21+/m1/s1. The van der Waals surface area contributed by atoms with Gasteiger partial charge in [-0.25, -0.2) is 0 Å². The van der Waals surface area contributed by atoms with Crippen LogP contribution in [0.4, 0.5) is 0 Å².